The summed E-state index contributed by atoms with van der Waals surface area (Å²) in [5.41, 5.74) is 2.03. The Balaban J connectivity index is 1.56. The minimum atomic E-state index is -1.06. The van der Waals surface area contributed by atoms with E-state index >= 15 is 4.39 Å². The lowest BCUT2D eigenvalue weighted by Gasteiger charge is -2.39. The molecule has 1 amide bonds. The molecule has 1 aliphatic rings. The summed E-state index contributed by atoms with van der Waals surface area (Å²) < 4.78 is 29.4. The van der Waals surface area contributed by atoms with E-state index < -0.39 is 23.6 Å². The molecular formula is C27H22F2N6O. The van der Waals surface area contributed by atoms with Gasteiger partial charge in [0.2, 0.25) is 6.54 Å². The number of nitrogens with zero attached hydrogens (tertiary/aromatic N) is 6. The van der Waals surface area contributed by atoms with Gasteiger partial charge in [-0.15, -0.1) is 0 Å². The summed E-state index contributed by atoms with van der Waals surface area (Å²) in [5, 5.41) is 2.34. The fourth-order valence-corrected chi connectivity index (χ4v) is 4.88. The molecule has 2 aromatic carbocycles. The summed E-state index contributed by atoms with van der Waals surface area (Å²) in [6.07, 6.45) is 2.86. The molecule has 0 spiro atoms. The van der Waals surface area contributed by atoms with Crippen molar-refractivity contribution in [3.8, 4) is 11.3 Å². The van der Waals surface area contributed by atoms with Crippen LogP contribution in [0.3, 0.4) is 0 Å². The standard InChI is InChI=1S/C27H22F2N6O/c1-16-6-4-7-18-8-5-9-20(22(16)18)24-23(29)25-21(13-31-24)26(33-15-32-25)34-10-11-35(27(36)17(2)28)19(14-34)12-30-3/h4-9,13,15,19H,2,10-12,14H2,1H3/t19-/m0/s1. The van der Waals surface area contributed by atoms with Crippen LogP contribution in [0.1, 0.15) is 5.56 Å². The van der Waals surface area contributed by atoms with Crippen LogP contribution in [-0.4, -0.2) is 58.0 Å². The summed E-state index contributed by atoms with van der Waals surface area (Å²) in [4.78, 5) is 31.9. The Hall–Kier alpha value is -4.45. The number of fused-ring (bicyclic) bond motifs is 2. The van der Waals surface area contributed by atoms with Crippen LogP contribution in [0, 0.1) is 19.3 Å². The lowest BCUT2D eigenvalue weighted by atomic mass is 9.97. The van der Waals surface area contributed by atoms with Gasteiger partial charge >= 0.3 is 0 Å². The molecule has 0 aliphatic carbocycles. The van der Waals surface area contributed by atoms with Crippen LogP contribution in [0.15, 0.2) is 61.3 Å². The van der Waals surface area contributed by atoms with Gasteiger partial charge < -0.3 is 14.6 Å². The van der Waals surface area contributed by atoms with E-state index in [2.05, 4.69) is 26.4 Å². The molecular weight excluding hydrogens is 462 g/mol. The molecule has 36 heavy (non-hydrogen) atoms. The normalized spacial score (nSPS) is 15.8. The molecule has 5 rings (SSSR count). The number of halogens is 2. The van der Waals surface area contributed by atoms with Gasteiger partial charge in [0.15, 0.2) is 11.6 Å². The van der Waals surface area contributed by atoms with E-state index in [9.17, 15) is 9.18 Å². The van der Waals surface area contributed by atoms with E-state index in [1.165, 1.54) is 11.2 Å². The van der Waals surface area contributed by atoms with Gasteiger partial charge in [-0.05, 0) is 23.3 Å². The second-order valence-electron chi connectivity index (χ2n) is 8.70. The molecule has 3 heterocycles. The Morgan fingerprint density at radius 3 is 2.72 bits per heavy atom. The molecule has 9 heteroatoms. The van der Waals surface area contributed by atoms with Gasteiger partial charge in [0.05, 0.1) is 5.39 Å². The first-order valence-electron chi connectivity index (χ1n) is 11.4. The van der Waals surface area contributed by atoms with Crippen LogP contribution in [-0.2, 0) is 4.79 Å². The minimum absolute atomic E-state index is 0.00424. The third-order valence-corrected chi connectivity index (χ3v) is 6.55. The summed E-state index contributed by atoms with van der Waals surface area (Å²) in [6, 6.07) is 11.1. The van der Waals surface area contributed by atoms with Crippen LogP contribution in [0.4, 0.5) is 14.6 Å². The summed E-state index contributed by atoms with van der Waals surface area (Å²) in [5.74, 6) is -1.98. The second kappa shape index (κ2) is 9.30. The van der Waals surface area contributed by atoms with E-state index in [-0.39, 0.29) is 30.8 Å². The van der Waals surface area contributed by atoms with Crippen molar-refractivity contribution in [2.24, 2.45) is 0 Å². The number of carbonyl (C=O) groups is 1. The first-order chi connectivity index (χ1) is 17.4. The SMILES string of the molecule is [C-]#[N+]C[C@H]1CN(c2ncnc3c(F)c(-c4cccc5cccc(C)c45)ncc23)CCN1C(=O)C(=C)F. The zero-order valence-corrected chi connectivity index (χ0v) is 19.6. The number of pyridine rings is 1. The van der Waals surface area contributed by atoms with Crippen molar-refractivity contribution < 1.29 is 13.6 Å². The molecule has 2 aromatic heterocycles. The smallest absolute Gasteiger partial charge is 0.282 e. The van der Waals surface area contributed by atoms with E-state index in [0.29, 0.717) is 23.3 Å². The molecule has 0 bridgehead atoms. The number of rotatable bonds is 4. The number of piperazine rings is 1. The number of aromatic nitrogens is 3. The van der Waals surface area contributed by atoms with Crippen LogP contribution in [0.2, 0.25) is 0 Å². The van der Waals surface area contributed by atoms with E-state index in [0.717, 1.165) is 16.3 Å². The lowest BCUT2D eigenvalue weighted by molar-refractivity contribution is -0.131. The molecule has 0 radical (unpaired) electrons. The van der Waals surface area contributed by atoms with Gasteiger partial charge in [-0.2, -0.15) is 0 Å². The molecule has 1 aliphatic heterocycles. The third-order valence-electron chi connectivity index (χ3n) is 6.55. The third kappa shape index (κ3) is 3.90. The van der Waals surface area contributed by atoms with E-state index in [1.54, 1.807) is 6.20 Å². The number of anilines is 1. The van der Waals surface area contributed by atoms with Gasteiger partial charge in [-0.3, -0.25) is 9.78 Å². The predicted octanol–water partition coefficient (Wildman–Crippen LogP) is 4.71. The van der Waals surface area contributed by atoms with Gasteiger partial charge in [0.25, 0.3) is 5.91 Å². The van der Waals surface area contributed by atoms with Crippen molar-refractivity contribution in [3.05, 3.63) is 84.1 Å². The lowest BCUT2D eigenvalue weighted by Crippen LogP contribution is -2.56. The van der Waals surface area contributed by atoms with Crippen LogP contribution in [0.25, 0.3) is 37.8 Å². The first kappa shape index (κ1) is 23.3. The highest BCUT2D eigenvalue weighted by molar-refractivity contribution is 6.00. The largest absolute Gasteiger partial charge is 0.352 e. The van der Waals surface area contributed by atoms with Crippen LogP contribution >= 0.6 is 0 Å². The fraction of sp³-hybridized carbons (Fsp3) is 0.222. The molecule has 0 unspecified atom stereocenters. The fourth-order valence-electron chi connectivity index (χ4n) is 4.88. The quantitative estimate of drug-likeness (QED) is 0.310. The van der Waals surface area contributed by atoms with Gasteiger partial charge in [-0.1, -0.05) is 43.0 Å². The zero-order chi connectivity index (χ0) is 25.4. The molecule has 1 atom stereocenters. The van der Waals surface area contributed by atoms with Crippen LogP contribution < -0.4 is 4.90 Å². The highest BCUT2D eigenvalue weighted by Gasteiger charge is 2.35. The van der Waals surface area contributed by atoms with Crippen molar-refractivity contribution >= 4 is 33.4 Å². The highest BCUT2D eigenvalue weighted by Crippen LogP contribution is 2.35. The molecule has 0 saturated carbocycles. The second-order valence-corrected chi connectivity index (χ2v) is 8.70. The monoisotopic (exact) mass is 484 g/mol. The summed E-state index contributed by atoms with van der Waals surface area (Å²) in [7, 11) is 0. The maximum atomic E-state index is 15.9. The van der Waals surface area contributed by atoms with Gasteiger partial charge in [0, 0.05) is 31.4 Å². The average Bonchev–Trinajstić information content (AvgIpc) is 2.88. The zero-order valence-electron chi connectivity index (χ0n) is 19.6. The topological polar surface area (TPSA) is 66.6 Å². The Bertz CT molecular complexity index is 1560. The Morgan fingerprint density at radius 2 is 1.97 bits per heavy atom. The number of hydrogen-bond acceptors (Lipinski definition) is 5. The van der Waals surface area contributed by atoms with Crippen molar-refractivity contribution in [1.29, 1.82) is 0 Å². The number of carbonyl (C=O) groups excluding carboxylic acids is 1. The molecule has 180 valence electrons. The molecule has 4 aromatic rings. The summed E-state index contributed by atoms with van der Waals surface area (Å²) in [6.45, 7) is 13.1. The number of benzene rings is 2. The molecule has 7 nitrogen and oxygen atoms in total. The highest BCUT2D eigenvalue weighted by atomic mass is 19.1. The summed E-state index contributed by atoms with van der Waals surface area (Å²) >= 11 is 0. The number of hydrogen-bond donors (Lipinski definition) is 0. The number of aryl methyl sites for hydroxylation is 1. The van der Waals surface area contributed by atoms with Crippen LogP contribution in [0.5, 0.6) is 0 Å². The van der Waals surface area contributed by atoms with Gasteiger partial charge in [-0.25, -0.2) is 25.3 Å². The van der Waals surface area contributed by atoms with E-state index in [4.69, 9.17) is 6.57 Å². The maximum absolute atomic E-state index is 15.9. The molecule has 1 saturated heterocycles. The van der Waals surface area contributed by atoms with E-state index in [1.807, 2.05) is 48.2 Å². The van der Waals surface area contributed by atoms with Gasteiger partial charge in [0.1, 0.15) is 29.4 Å². The first-order valence-corrected chi connectivity index (χ1v) is 11.4. The maximum Gasteiger partial charge on any atom is 0.282 e. The van der Waals surface area contributed by atoms with Crippen molar-refractivity contribution in [2.45, 2.75) is 13.0 Å². The Kier molecular flexibility index (Phi) is 6.02. The average molecular weight is 485 g/mol. The Morgan fingerprint density at radius 1 is 1.19 bits per heavy atom. The van der Waals surface area contributed by atoms with Crippen molar-refractivity contribution in [2.75, 3.05) is 31.1 Å². The Labute approximate surface area is 206 Å². The molecule has 0 N–H and O–H groups in total. The molecule has 1 fully saturated rings. The van der Waals surface area contributed by atoms with Crippen molar-refractivity contribution in [3.63, 3.8) is 0 Å². The minimum Gasteiger partial charge on any atom is -0.352 e. The predicted molar refractivity (Wildman–Crippen MR) is 134 cm³/mol. The number of amides is 1. The van der Waals surface area contributed by atoms with Crippen molar-refractivity contribution in [1.82, 2.24) is 19.9 Å².